The third kappa shape index (κ3) is 3.70. The Kier molecular flexibility index (Phi) is 5.11. The number of nitrogens with one attached hydrogen (secondary N) is 1. The predicted molar refractivity (Wildman–Crippen MR) is 110 cm³/mol. The Balaban J connectivity index is 1.72. The maximum absolute atomic E-state index is 14.3. The van der Waals surface area contributed by atoms with Gasteiger partial charge in [0.15, 0.2) is 5.01 Å². The molecule has 0 spiro atoms. The van der Waals surface area contributed by atoms with Gasteiger partial charge in [0.2, 0.25) is 0 Å². The molecule has 3 aromatic heterocycles. The Morgan fingerprint density at radius 1 is 1.43 bits per heavy atom. The summed E-state index contributed by atoms with van der Waals surface area (Å²) in [5, 5.41) is 17.3. The van der Waals surface area contributed by atoms with Gasteiger partial charge in [-0.2, -0.15) is 5.10 Å². The minimum Gasteiger partial charge on any atom is -0.385 e. The number of amides is 1. The fraction of sp³-hybridized carbons (Fsp3) is 0.450. The number of nitrogens with zero attached hydrogens (tertiary/aromatic N) is 3. The van der Waals surface area contributed by atoms with E-state index < -0.39 is 29.5 Å². The first-order valence-corrected chi connectivity index (χ1v) is 10.5. The van der Waals surface area contributed by atoms with Crippen LogP contribution in [0.25, 0.3) is 16.8 Å². The molecule has 3 aromatic rings. The molecule has 1 aliphatic carbocycles. The number of aromatic nitrogens is 3. The number of fused-ring (bicyclic) bond motifs is 1. The molecule has 3 heterocycles. The molecule has 10 heteroatoms. The lowest BCUT2D eigenvalue weighted by Crippen LogP contribution is -2.59. The lowest BCUT2D eigenvalue weighted by atomic mass is 9.87. The number of thiazole rings is 1. The first kappa shape index (κ1) is 20.8. The molecule has 1 saturated carbocycles. The molecule has 0 radical (unpaired) electrons. The zero-order valence-electron chi connectivity index (χ0n) is 16.6. The summed E-state index contributed by atoms with van der Waals surface area (Å²) < 4.78 is 30.3. The van der Waals surface area contributed by atoms with Crippen LogP contribution in [0.3, 0.4) is 0 Å². The monoisotopic (exact) mass is 435 g/mol. The third-order valence-electron chi connectivity index (χ3n) is 5.28. The summed E-state index contributed by atoms with van der Waals surface area (Å²) in [5.74, 6) is -3.80. The Morgan fingerprint density at radius 2 is 2.20 bits per heavy atom. The van der Waals surface area contributed by atoms with Crippen LogP contribution >= 0.6 is 11.3 Å². The average molecular weight is 436 g/mol. The predicted octanol–water partition coefficient (Wildman–Crippen LogP) is 2.93. The molecular weight excluding hydrogens is 412 g/mol. The summed E-state index contributed by atoms with van der Waals surface area (Å²) in [5.41, 5.74) is 6.36. The molecule has 0 aromatic carbocycles. The van der Waals surface area contributed by atoms with E-state index in [-0.39, 0.29) is 11.4 Å². The quantitative estimate of drug-likeness (QED) is 0.584. The largest absolute Gasteiger partial charge is 0.385 e. The van der Waals surface area contributed by atoms with Crippen molar-refractivity contribution < 1.29 is 18.7 Å². The maximum Gasteiger partial charge on any atom is 0.280 e. The second-order valence-corrected chi connectivity index (χ2v) is 9.11. The number of alkyl halides is 2. The van der Waals surface area contributed by atoms with Crippen LogP contribution in [0.5, 0.6) is 0 Å². The number of hydrogen-bond acceptors (Lipinski definition) is 6. The first-order valence-electron chi connectivity index (χ1n) is 9.68. The van der Waals surface area contributed by atoms with Crippen LogP contribution in [-0.2, 0) is 5.60 Å². The van der Waals surface area contributed by atoms with E-state index in [0.717, 1.165) is 16.9 Å². The Morgan fingerprint density at radius 3 is 2.90 bits per heavy atom. The Labute approximate surface area is 175 Å². The summed E-state index contributed by atoms with van der Waals surface area (Å²) >= 11 is 0.975. The third-order valence-corrected chi connectivity index (χ3v) is 6.64. The number of aliphatic hydroxyl groups is 1. The van der Waals surface area contributed by atoms with Gasteiger partial charge in [-0.1, -0.05) is 6.07 Å². The highest BCUT2D eigenvalue weighted by molar-refractivity contribution is 7.14. The van der Waals surface area contributed by atoms with E-state index >= 15 is 0 Å². The normalized spacial score (nSPS) is 21.7. The van der Waals surface area contributed by atoms with E-state index in [1.54, 1.807) is 30.8 Å². The molecule has 30 heavy (non-hydrogen) atoms. The molecule has 4 rings (SSSR count). The Bertz CT molecular complexity index is 1090. The minimum absolute atomic E-state index is 0.00835. The van der Waals surface area contributed by atoms with Crippen LogP contribution in [0.1, 0.15) is 47.8 Å². The van der Waals surface area contributed by atoms with Crippen LogP contribution in [0, 0.1) is 0 Å². The summed E-state index contributed by atoms with van der Waals surface area (Å²) in [4.78, 5) is 17.7. The smallest absolute Gasteiger partial charge is 0.280 e. The van der Waals surface area contributed by atoms with Crippen molar-refractivity contribution in [2.45, 2.75) is 56.7 Å². The van der Waals surface area contributed by atoms with E-state index in [0.29, 0.717) is 29.0 Å². The lowest BCUT2D eigenvalue weighted by Gasteiger charge is -2.36. The molecule has 160 valence electrons. The van der Waals surface area contributed by atoms with Crippen LogP contribution in [-0.4, -0.2) is 43.6 Å². The molecule has 0 bridgehead atoms. The number of hydrogen-bond donors (Lipinski definition) is 3. The van der Waals surface area contributed by atoms with E-state index in [4.69, 9.17) is 5.73 Å². The average Bonchev–Trinajstić information content (AvgIpc) is 3.28. The topological polar surface area (TPSA) is 106 Å². The summed E-state index contributed by atoms with van der Waals surface area (Å²) in [6, 6.07) is 3.24. The number of rotatable bonds is 4. The van der Waals surface area contributed by atoms with Crippen molar-refractivity contribution in [2.75, 3.05) is 0 Å². The highest BCUT2D eigenvalue weighted by Crippen LogP contribution is 2.38. The second kappa shape index (κ2) is 7.36. The zero-order valence-corrected chi connectivity index (χ0v) is 17.4. The van der Waals surface area contributed by atoms with Crippen molar-refractivity contribution >= 4 is 22.8 Å². The van der Waals surface area contributed by atoms with Gasteiger partial charge < -0.3 is 16.2 Å². The summed E-state index contributed by atoms with van der Waals surface area (Å²) in [7, 11) is 0. The minimum atomic E-state index is -3.07. The van der Waals surface area contributed by atoms with Crippen molar-refractivity contribution in [1.29, 1.82) is 0 Å². The van der Waals surface area contributed by atoms with Crippen LogP contribution in [0.15, 0.2) is 30.6 Å². The number of carbonyl (C=O) groups is 1. The summed E-state index contributed by atoms with van der Waals surface area (Å²) in [6.07, 6.45) is 3.80. The molecule has 1 aliphatic rings. The van der Waals surface area contributed by atoms with Gasteiger partial charge in [-0.25, -0.2) is 18.3 Å². The molecule has 4 N–H and O–H groups in total. The molecule has 1 fully saturated rings. The maximum atomic E-state index is 14.3. The van der Waals surface area contributed by atoms with Gasteiger partial charge in [0.1, 0.15) is 6.04 Å². The van der Waals surface area contributed by atoms with Crippen LogP contribution in [0.4, 0.5) is 8.78 Å². The SMILES string of the molecule is CC(C)(O)c1sc(C(=O)N[C@@H]2[C@H](N)CCCC2(F)F)nc1-c1cnn2ccccc12. The van der Waals surface area contributed by atoms with Gasteiger partial charge in [0.25, 0.3) is 11.8 Å². The van der Waals surface area contributed by atoms with E-state index in [2.05, 4.69) is 15.4 Å². The molecule has 0 aliphatic heterocycles. The number of carbonyl (C=O) groups excluding carboxylic acids is 1. The van der Waals surface area contributed by atoms with Gasteiger partial charge in [0, 0.05) is 24.2 Å². The highest BCUT2D eigenvalue weighted by atomic mass is 32.1. The molecule has 2 atom stereocenters. The van der Waals surface area contributed by atoms with Crippen molar-refractivity contribution in [1.82, 2.24) is 19.9 Å². The van der Waals surface area contributed by atoms with Gasteiger partial charge in [0.05, 0.1) is 27.9 Å². The molecule has 0 unspecified atom stereocenters. The summed E-state index contributed by atoms with van der Waals surface area (Å²) in [6.45, 7) is 3.17. The van der Waals surface area contributed by atoms with Gasteiger partial charge in [-0.05, 0) is 38.8 Å². The van der Waals surface area contributed by atoms with Crippen LogP contribution in [0.2, 0.25) is 0 Å². The van der Waals surface area contributed by atoms with Crippen molar-refractivity contribution in [2.24, 2.45) is 5.73 Å². The zero-order chi connectivity index (χ0) is 21.7. The van der Waals surface area contributed by atoms with E-state index in [1.165, 1.54) is 0 Å². The van der Waals surface area contributed by atoms with Crippen molar-refractivity contribution in [3.05, 3.63) is 40.5 Å². The fourth-order valence-electron chi connectivity index (χ4n) is 3.76. The van der Waals surface area contributed by atoms with E-state index in [9.17, 15) is 18.7 Å². The van der Waals surface area contributed by atoms with Gasteiger partial charge in [-0.3, -0.25) is 4.79 Å². The second-order valence-electron chi connectivity index (χ2n) is 8.11. The first-order chi connectivity index (χ1) is 14.1. The number of halogens is 2. The van der Waals surface area contributed by atoms with Crippen molar-refractivity contribution in [3.8, 4) is 11.3 Å². The van der Waals surface area contributed by atoms with Crippen LogP contribution < -0.4 is 11.1 Å². The molecular formula is C20H23F2N5O2S. The molecule has 1 amide bonds. The molecule has 7 nitrogen and oxygen atoms in total. The number of pyridine rings is 1. The van der Waals surface area contributed by atoms with Gasteiger partial charge in [-0.15, -0.1) is 11.3 Å². The van der Waals surface area contributed by atoms with E-state index in [1.807, 2.05) is 18.2 Å². The molecule has 0 saturated heterocycles. The standard InChI is InChI=1S/C20H23F2N5O2S/c1-19(2,29)16-14(11-10-24-27-9-4-3-7-13(11)27)25-18(30-16)17(28)26-15-12(23)6-5-8-20(15,21)22/h3-4,7,9-10,12,15,29H,5-6,8,23H2,1-2H3,(H,26,28)/t12-,15-/m1/s1. The highest BCUT2D eigenvalue weighted by Gasteiger charge is 2.47. The van der Waals surface area contributed by atoms with Crippen molar-refractivity contribution in [3.63, 3.8) is 0 Å². The fourth-order valence-corrected chi connectivity index (χ4v) is 4.74. The van der Waals surface area contributed by atoms with Gasteiger partial charge >= 0.3 is 0 Å². The lowest BCUT2D eigenvalue weighted by molar-refractivity contribution is -0.0674. The Hall–Kier alpha value is -2.43. The number of nitrogens with two attached hydrogens (primary N) is 1.